The predicted molar refractivity (Wildman–Crippen MR) is 129 cm³/mol. The third-order valence-electron chi connectivity index (χ3n) is 8.00. The molecule has 2 atom stereocenters. The van der Waals surface area contributed by atoms with Gasteiger partial charge >= 0.3 is 0 Å². The van der Waals surface area contributed by atoms with Crippen molar-refractivity contribution < 1.29 is 22.6 Å². The Morgan fingerprint density at radius 3 is 2.41 bits per heavy atom. The zero-order valence-corrected chi connectivity index (χ0v) is 20.5. The van der Waals surface area contributed by atoms with Crippen LogP contribution in [0.2, 0.25) is 0 Å². The molecule has 34 heavy (non-hydrogen) atoms. The van der Waals surface area contributed by atoms with Crippen LogP contribution in [0.15, 0.2) is 42.0 Å². The number of hydrogen-bond acceptors (Lipinski definition) is 2. The summed E-state index contributed by atoms with van der Waals surface area (Å²) in [5.41, 5.74) is 1.46. The van der Waals surface area contributed by atoms with E-state index in [0.29, 0.717) is 35.6 Å². The number of fused-ring (bicyclic) bond motifs is 1. The second-order valence-electron chi connectivity index (χ2n) is 10.3. The number of halogens is 3. The zero-order valence-electron chi connectivity index (χ0n) is 20.5. The Labute approximate surface area is 201 Å². The maximum absolute atomic E-state index is 15.1. The molecule has 0 amide bonds. The minimum atomic E-state index is -1.07. The standard InChI is InChI=1S/C29H37F3O2/c1-5-7-19-8-10-20(11-9-19)24-13-12-21(16-33-24)23-15-22-14-18(4)28(25(30)17(3)6-2)34-29(22)27(32)26(23)31/h15,19-21,24H,3-14,16H2,1-2H3/b28-25-. The fourth-order valence-corrected chi connectivity index (χ4v) is 5.87. The first kappa shape index (κ1) is 25.1. The van der Waals surface area contributed by atoms with E-state index in [-0.39, 0.29) is 35.5 Å². The van der Waals surface area contributed by atoms with Gasteiger partial charge in [-0.15, -0.1) is 0 Å². The van der Waals surface area contributed by atoms with Crippen molar-refractivity contribution in [1.29, 1.82) is 0 Å². The molecule has 4 rings (SSSR count). The highest BCUT2D eigenvalue weighted by atomic mass is 19.2. The van der Waals surface area contributed by atoms with E-state index in [1.54, 1.807) is 13.0 Å². The van der Waals surface area contributed by atoms with Crippen LogP contribution in [0, 0.1) is 23.5 Å². The summed E-state index contributed by atoms with van der Waals surface area (Å²) in [7, 11) is 0. The second-order valence-corrected chi connectivity index (χ2v) is 10.3. The lowest BCUT2D eigenvalue weighted by Crippen LogP contribution is -2.34. The third-order valence-corrected chi connectivity index (χ3v) is 8.00. The maximum atomic E-state index is 15.1. The first-order chi connectivity index (χ1) is 16.3. The van der Waals surface area contributed by atoms with Crippen LogP contribution in [0.25, 0.3) is 0 Å². The van der Waals surface area contributed by atoms with Gasteiger partial charge in [-0.05, 0) is 66.7 Å². The summed E-state index contributed by atoms with van der Waals surface area (Å²) in [5, 5.41) is 0. The molecule has 2 nitrogen and oxygen atoms in total. The Kier molecular flexibility index (Phi) is 7.91. The second kappa shape index (κ2) is 10.7. The summed E-state index contributed by atoms with van der Waals surface area (Å²) >= 11 is 0. The van der Waals surface area contributed by atoms with Gasteiger partial charge in [0.15, 0.2) is 23.2 Å². The molecule has 1 saturated carbocycles. The van der Waals surface area contributed by atoms with Crippen molar-refractivity contribution in [2.24, 2.45) is 11.8 Å². The van der Waals surface area contributed by atoms with Crippen LogP contribution in [0.4, 0.5) is 13.2 Å². The van der Waals surface area contributed by atoms with Crippen LogP contribution in [0.1, 0.15) is 88.7 Å². The Morgan fingerprint density at radius 1 is 1.06 bits per heavy atom. The topological polar surface area (TPSA) is 18.5 Å². The van der Waals surface area contributed by atoms with E-state index in [1.165, 1.54) is 38.5 Å². The van der Waals surface area contributed by atoms with E-state index in [4.69, 9.17) is 9.47 Å². The van der Waals surface area contributed by atoms with E-state index in [1.807, 2.05) is 0 Å². The molecule has 2 fully saturated rings. The van der Waals surface area contributed by atoms with Crippen LogP contribution in [-0.2, 0) is 11.2 Å². The van der Waals surface area contributed by atoms with Gasteiger partial charge in [-0.2, -0.15) is 4.39 Å². The monoisotopic (exact) mass is 474 g/mol. The van der Waals surface area contributed by atoms with Gasteiger partial charge in [0.1, 0.15) is 0 Å². The summed E-state index contributed by atoms with van der Waals surface area (Å²) in [6, 6.07) is 1.66. The molecule has 0 spiro atoms. The summed E-state index contributed by atoms with van der Waals surface area (Å²) < 4.78 is 56.6. The molecule has 2 aliphatic heterocycles. The highest BCUT2D eigenvalue weighted by molar-refractivity contribution is 5.52. The first-order valence-electron chi connectivity index (χ1n) is 12.9. The summed E-state index contributed by atoms with van der Waals surface area (Å²) in [6.07, 6.45) is 9.98. The Hall–Kier alpha value is -2.01. The normalized spacial score (nSPS) is 28.8. The predicted octanol–water partition coefficient (Wildman–Crippen LogP) is 8.47. The van der Waals surface area contributed by atoms with E-state index < -0.39 is 17.5 Å². The molecule has 2 heterocycles. The average Bonchev–Trinajstić information content (AvgIpc) is 2.86. The largest absolute Gasteiger partial charge is 0.450 e. The molecular formula is C29H37F3O2. The number of benzene rings is 1. The van der Waals surface area contributed by atoms with Gasteiger partial charge in [-0.1, -0.05) is 52.7 Å². The van der Waals surface area contributed by atoms with Gasteiger partial charge in [0, 0.05) is 17.9 Å². The number of allylic oxidation sites excluding steroid dienone is 3. The van der Waals surface area contributed by atoms with Gasteiger partial charge < -0.3 is 9.47 Å². The van der Waals surface area contributed by atoms with E-state index in [2.05, 4.69) is 20.1 Å². The molecule has 1 aromatic rings. The Balaban J connectivity index is 1.46. The molecule has 0 bridgehead atoms. The molecule has 1 aromatic carbocycles. The van der Waals surface area contributed by atoms with Gasteiger partial charge in [0.05, 0.1) is 12.7 Å². The van der Waals surface area contributed by atoms with Crippen molar-refractivity contribution in [3.63, 3.8) is 0 Å². The summed E-state index contributed by atoms with van der Waals surface area (Å²) in [4.78, 5) is 0. The quantitative estimate of drug-likeness (QED) is 0.412. The lowest BCUT2D eigenvalue weighted by atomic mass is 9.75. The molecule has 1 saturated heterocycles. The average molecular weight is 475 g/mol. The van der Waals surface area contributed by atoms with Crippen LogP contribution in [-0.4, -0.2) is 12.7 Å². The molecule has 5 heteroatoms. The molecular weight excluding hydrogens is 437 g/mol. The van der Waals surface area contributed by atoms with Gasteiger partial charge in [-0.25, -0.2) is 8.78 Å². The number of hydrogen-bond donors (Lipinski definition) is 0. The highest BCUT2D eigenvalue weighted by Crippen LogP contribution is 2.43. The van der Waals surface area contributed by atoms with Crippen molar-refractivity contribution in [2.75, 3.05) is 6.61 Å². The molecule has 0 aromatic heterocycles. The van der Waals surface area contributed by atoms with Crippen molar-refractivity contribution >= 4 is 0 Å². The summed E-state index contributed by atoms with van der Waals surface area (Å²) in [6.45, 7) is 12.0. The van der Waals surface area contributed by atoms with Gasteiger partial charge in [0.25, 0.3) is 0 Å². The van der Waals surface area contributed by atoms with Gasteiger partial charge in [-0.3, -0.25) is 0 Å². The minimum Gasteiger partial charge on any atom is -0.450 e. The SMILES string of the molecule is C=C(CC)/C(F)=C1/Oc2c(cc(C3CCC(C4CCC(CCC)CC4)OC3)c(F)c2F)CC1=C. The number of rotatable bonds is 6. The van der Waals surface area contributed by atoms with Crippen molar-refractivity contribution in [3.8, 4) is 5.75 Å². The van der Waals surface area contributed by atoms with Crippen LogP contribution >= 0.6 is 0 Å². The van der Waals surface area contributed by atoms with Crippen molar-refractivity contribution in [1.82, 2.24) is 0 Å². The van der Waals surface area contributed by atoms with E-state index in [0.717, 1.165) is 18.8 Å². The minimum absolute atomic E-state index is 0.150. The Bertz CT molecular complexity index is 964. The first-order valence-corrected chi connectivity index (χ1v) is 12.9. The fourth-order valence-electron chi connectivity index (χ4n) is 5.87. The fraction of sp³-hybridized carbons (Fsp3) is 0.586. The Morgan fingerprint density at radius 2 is 1.79 bits per heavy atom. The van der Waals surface area contributed by atoms with Crippen molar-refractivity contribution in [3.05, 3.63) is 64.7 Å². The van der Waals surface area contributed by atoms with Crippen molar-refractivity contribution in [2.45, 2.75) is 90.1 Å². The zero-order chi connectivity index (χ0) is 24.4. The number of ether oxygens (including phenoxy) is 2. The molecule has 2 unspecified atom stereocenters. The van der Waals surface area contributed by atoms with Crippen LogP contribution < -0.4 is 4.74 Å². The van der Waals surface area contributed by atoms with E-state index >= 15 is 8.78 Å². The van der Waals surface area contributed by atoms with Crippen LogP contribution in [0.3, 0.4) is 0 Å². The molecule has 0 radical (unpaired) electrons. The summed E-state index contributed by atoms with van der Waals surface area (Å²) in [5.74, 6) is -1.81. The molecule has 0 N–H and O–H groups in total. The highest BCUT2D eigenvalue weighted by Gasteiger charge is 2.35. The van der Waals surface area contributed by atoms with E-state index in [9.17, 15) is 4.39 Å². The molecule has 3 aliphatic rings. The third kappa shape index (κ3) is 5.00. The smallest absolute Gasteiger partial charge is 0.201 e. The van der Waals surface area contributed by atoms with Gasteiger partial charge in [0.2, 0.25) is 5.82 Å². The van der Waals surface area contributed by atoms with Crippen LogP contribution in [0.5, 0.6) is 5.75 Å². The molecule has 1 aliphatic carbocycles. The lowest BCUT2D eigenvalue weighted by Gasteiger charge is -2.38. The maximum Gasteiger partial charge on any atom is 0.201 e. The molecule has 186 valence electrons. The lowest BCUT2D eigenvalue weighted by molar-refractivity contribution is -0.0440.